The highest BCUT2D eigenvalue weighted by molar-refractivity contribution is 14.0. The van der Waals surface area contributed by atoms with Crippen molar-refractivity contribution >= 4 is 29.9 Å². The third-order valence-corrected chi connectivity index (χ3v) is 4.14. The fourth-order valence-corrected chi connectivity index (χ4v) is 2.67. The van der Waals surface area contributed by atoms with Crippen LogP contribution in [0.3, 0.4) is 0 Å². The molecule has 0 aliphatic heterocycles. The lowest BCUT2D eigenvalue weighted by molar-refractivity contribution is 0.307. The first-order chi connectivity index (χ1) is 12.8. The van der Waals surface area contributed by atoms with Gasteiger partial charge in [-0.05, 0) is 31.4 Å². The minimum absolute atomic E-state index is 0. The number of benzene rings is 1. The van der Waals surface area contributed by atoms with Gasteiger partial charge in [-0.1, -0.05) is 37.2 Å². The van der Waals surface area contributed by atoms with E-state index in [1.165, 1.54) is 0 Å². The molecule has 7 heteroatoms. The summed E-state index contributed by atoms with van der Waals surface area (Å²) in [7, 11) is 1.78. The first kappa shape index (κ1) is 23.3. The number of aromatic nitrogens is 1. The molecule has 2 aromatic rings. The Kier molecular flexibility index (Phi) is 11.6. The van der Waals surface area contributed by atoms with Crippen LogP contribution >= 0.6 is 24.0 Å². The molecule has 0 radical (unpaired) electrons. The second kappa shape index (κ2) is 13.4. The van der Waals surface area contributed by atoms with Crippen molar-refractivity contribution in [1.29, 1.82) is 0 Å². The summed E-state index contributed by atoms with van der Waals surface area (Å²) in [5, 5.41) is 10.8. The Morgan fingerprint density at radius 2 is 1.89 bits per heavy atom. The summed E-state index contributed by atoms with van der Waals surface area (Å²) in [5.74, 6) is 2.66. The predicted molar refractivity (Wildman–Crippen MR) is 120 cm³/mol. The maximum absolute atomic E-state index is 5.70. The van der Waals surface area contributed by atoms with Crippen molar-refractivity contribution in [3.8, 4) is 5.75 Å². The van der Waals surface area contributed by atoms with Gasteiger partial charge in [0, 0.05) is 32.1 Å². The Labute approximate surface area is 179 Å². The Morgan fingerprint density at radius 1 is 1.11 bits per heavy atom. The van der Waals surface area contributed by atoms with E-state index in [0.29, 0.717) is 6.54 Å². The van der Waals surface area contributed by atoms with Crippen LogP contribution in [0.4, 0.5) is 0 Å². The molecule has 0 saturated heterocycles. The zero-order valence-corrected chi connectivity index (χ0v) is 18.8. The highest BCUT2D eigenvalue weighted by atomic mass is 127. The van der Waals surface area contributed by atoms with Gasteiger partial charge in [-0.3, -0.25) is 4.99 Å². The van der Waals surface area contributed by atoms with E-state index in [4.69, 9.17) is 9.26 Å². The summed E-state index contributed by atoms with van der Waals surface area (Å²) < 4.78 is 11.1. The number of aryl methyl sites for hydroxylation is 2. The van der Waals surface area contributed by atoms with Crippen LogP contribution in [0.5, 0.6) is 5.75 Å². The average molecular weight is 486 g/mol. The predicted octanol–water partition coefficient (Wildman–Crippen LogP) is 3.94. The molecule has 0 atom stereocenters. The maximum Gasteiger partial charge on any atom is 0.191 e. The van der Waals surface area contributed by atoms with Crippen LogP contribution < -0.4 is 15.4 Å². The number of nitrogens with one attached hydrogen (secondary N) is 2. The van der Waals surface area contributed by atoms with Gasteiger partial charge in [-0.2, -0.15) is 0 Å². The summed E-state index contributed by atoms with van der Waals surface area (Å²) in [6.07, 6.45) is 3.72. The van der Waals surface area contributed by atoms with Gasteiger partial charge < -0.3 is 19.9 Å². The molecule has 1 aromatic carbocycles. The third-order valence-electron chi connectivity index (χ3n) is 4.14. The third kappa shape index (κ3) is 7.78. The summed E-state index contributed by atoms with van der Waals surface area (Å²) >= 11 is 0. The first-order valence-corrected chi connectivity index (χ1v) is 9.37. The number of guanidine groups is 1. The summed E-state index contributed by atoms with van der Waals surface area (Å²) in [5.41, 5.74) is 2.16. The molecule has 1 heterocycles. The molecule has 0 aliphatic carbocycles. The monoisotopic (exact) mass is 486 g/mol. The maximum atomic E-state index is 5.70. The zero-order chi connectivity index (χ0) is 18.6. The Balaban J connectivity index is 0.00000364. The molecular formula is C20H31IN4O2. The molecular weight excluding hydrogens is 455 g/mol. The molecule has 0 saturated carbocycles. The molecule has 6 nitrogen and oxygen atoms in total. The average Bonchev–Trinajstić information content (AvgIpc) is 3.09. The molecule has 2 N–H and O–H groups in total. The second-order valence-electron chi connectivity index (χ2n) is 5.96. The number of rotatable bonds is 10. The molecule has 0 bridgehead atoms. The van der Waals surface area contributed by atoms with Crippen molar-refractivity contribution in [2.45, 2.75) is 46.1 Å². The molecule has 0 fully saturated rings. The smallest absolute Gasteiger partial charge is 0.191 e. The van der Waals surface area contributed by atoms with Crippen molar-refractivity contribution in [3.63, 3.8) is 0 Å². The highest BCUT2D eigenvalue weighted by Gasteiger charge is 2.13. The van der Waals surface area contributed by atoms with Gasteiger partial charge in [0.15, 0.2) is 5.96 Å². The van der Waals surface area contributed by atoms with Crippen LogP contribution in [-0.2, 0) is 19.4 Å². The van der Waals surface area contributed by atoms with Crippen LogP contribution in [-0.4, -0.2) is 31.3 Å². The molecule has 27 heavy (non-hydrogen) atoms. The van der Waals surface area contributed by atoms with E-state index in [9.17, 15) is 0 Å². The molecule has 2 rings (SSSR count). The molecule has 0 spiro atoms. The van der Waals surface area contributed by atoms with Gasteiger partial charge in [-0.15, -0.1) is 24.0 Å². The van der Waals surface area contributed by atoms with E-state index in [1.807, 2.05) is 30.3 Å². The normalized spacial score (nSPS) is 11.0. The van der Waals surface area contributed by atoms with E-state index < -0.39 is 0 Å². The van der Waals surface area contributed by atoms with Crippen LogP contribution in [0.1, 0.15) is 43.7 Å². The van der Waals surface area contributed by atoms with Gasteiger partial charge in [0.1, 0.15) is 11.5 Å². The molecule has 1 aromatic heterocycles. The number of unbranched alkanes of at least 4 members (excludes halogenated alkanes) is 1. The van der Waals surface area contributed by atoms with Gasteiger partial charge in [0.25, 0.3) is 0 Å². The lowest BCUT2D eigenvalue weighted by atomic mass is 10.1. The van der Waals surface area contributed by atoms with Crippen molar-refractivity contribution in [3.05, 3.63) is 47.3 Å². The number of aliphatic imine (C=N–C) groups is 1. The highest BCUT2D eigenvalue weighted by Crippen LogP contribution is 2.15. The van der Waals surface area contributed by atoms with Crippen molar-refractivity contribution in [2.75, 3.05) is 20.2 Å². The number of nitrogens with zero attached hydrogens (tertiary/aromatic N) is 2. The molecule has 0 unspecified atom stereocenters. The minimum Gasteiger partial charge on any atom is -0.494 e. The SMILES string of the molecule is CCc1noc(CC)c1CNC(=NC)NCCCCOc1ccccc1.I. The van der Waals surface area contributed by atoms with Crippen LogP contribution in [0.2, 0.25) is 0 Å². The largest absolute Gasteiger partial charge is 0.494 e. The minimum atomic E-state index is 0. The van der Waals surface area contributed by atoms with Crippen LogP contribution in [0.25, 0.3) is 0 Å². The van der Waals surface area contributed by atoms with Gasteiger partial charge >= 0.3 is 0 Å². The quantitative estimate of drug-likeness (QED) is 0.231. The number of hydrogen-bond donors (Lipinski definition) is 2. The number of halogens is 1. The Bertz CT molecular complexity index is 652. The fourth-order valence-electron chi connectivity index (χ4n) is 2.67. The molecule has 150 valence electrons. The zero-order valence-electron chi connectivity index (χ0n) is 16.5. The Hall–Kier alpha value is -1.77. The summed E-state index contributed by atoms with van der Waals surface area (Å²) in [6.45, 7) is 6.41. The fraction of sp³-hybridized carbons (Fsp3) is 0.500. The van der Waals surface area contributed by atoms with Crippen molar-refractivity contribution in [2.24, 2.45) is 4.99 Å². The van der Waals surface area contributed by atoms with E-state index in [1.54, 1.807) is 7.05 Å². The van der Waals surface area contributed by atoms with E-state index in [2.05, 4.69) is 34.6 Å². The topological polar surface area (TPSA) is 71.7 Å². The summed E-state index contributed by atoms with van der Waals surface area (Å²) in [4.78, 5) is 4.28. The number of hydrogen-bond acceptors (Lipinski definition) is 4. The van der Waals surface area contributed by atoms with E-state index in [-0.39, 0.29) is 24.0 Å². The first-order valence-electron chi connectivity index (χ1n) is 9.37. The standard InChI is InChI=1S/C20H30N4O2.HI/c1-4-18-17(19(5-2)26-24-18)15-23-20(21-3)22-13-9-10-14-25-16-11-7-6-8-12-16;/h6-8,11-12H,4-5,9-10,13-15H2,1-3H3,(H2,21,22,23);1H. The van der Waals surface area contributed by atoms with E-state index in [0.717, 1.165) is 67.6 Å². The van der Waals surface area contributed by atoms with Crippen molar-refractivity contribution in [1.82, 2.24) is 15.8 Å². The van der Waals surface area contributed by atoms with E-state index >= 15 is 0 Å². The lowest BCUT2D eigenvalue weighted by Gasteiger charge is -2.12. The van der Waals surface area contributed by atoms with Crippen LogP contribution in [0.15, 0.2) is 39.8 Å². The second-order valence-corrected chi connectivity index (χ2v) is 5.96. The van der Waals surface area contributed by atoms with Crippen LogP contribution in [0, 0.1) is 0 Å². The van der Waals surface area contributed by atoms with Gasteiger partial charge in [-0.25, -0.2) is 0 Å². The lowest BCUT2D eigenvalue weighted by Crippen LogP contribution is -2.37. The summed E-state index contributed by atoms with van der Waals surface area (Å²) in [6, 6.07) is 9.90. The number of ether oxygens (including phenoxy) is 1. The van der Waals surface area contributed by atoms with Crippen molar-refractivity contribution < 1.29 is 9.26 Å². The number of para-hydroxylation sites is 1. The Morgan fingerprint density at radius 3 is 2.56 bits per heavy atom. The molecule has 0 amide bonds. The van der Waals surface area contributed by atoms with Gasteiger partial charge in [0.05, 0.1) is 12.3 Å². The molecule has 0 aliphatic rings. The van der Waals surface area contributed by atoms with Gasteiger partial charge in [0.2, 0.25) is 0 Å².